The van der Waals surface area contributed by atoms with Gasteiger partial charge < -0.3 is 15.1 Å². The summed E-state index contributed by atoms with van der Waals surface area (Å²) in [4.78, 5) is 24.0. The van der Waals surface area contributed by atoms with E-state index in [2.05, 4.69) is 26.6 Å². The Labute approximate surface area is 144 Å². The fourth-order valence-electron chi connectivity index (χ4n) is 3.16. The van der Waals surface area contributed by atoms with Crippen LogP contribution in [0.15, 0.2) is 30.9 Å². The van der Waals surface area contributed by atoms with Crippen LogP contribution >= 0.6 is 0 Å². The molecule has 1 N–H and O–H groups in total. The van der Waals surface area contributed by atoms with Crippen molar-refractivity contribution in [2.75, 3.05) is 26.2 Å². The van der Waals surface area contributed by atoms with Gasteiger partial charge in [-0.1, -0.05) is 0 Å². The quantitative estimate of drug-likeness (QED) is 0.809. The molecule has 4 heterocycles. The predicted molar refractivity (Wildman–Crippen MR) is 87.6 cm³/mol. The van der Waals surface area contributed by atoms with Gasteiger partial charge in [-0.2, -0.15) is 10.4 Å². The van der Waals surface area contributed by atoms with E-state index in [0.717, 1.165) is 12.1 Å². The minimum Gasteiger partial charge on any atom is -0.333 e. The molecule has 0 saturated carbocycles. The number of hydrogen-bond donors (Lipinski definition) is 1. The molecule has 2 aliphatic heterocycles. The monoisotopic (exact) mass is 338 g/mol. The van der Waals surface area contributed by atoms with E-state index in [0.29, 0.717) is 32.0 Å². The molecule has 2 saturated heterocycles. The number of nitrogens with zero attached hydrogens (tertiary/aromatic N) is 7. The average molecular weight is 338 g/mol. The lowest BCUT2D eigenvalue weighted by molar-refractivity contribution is 0.147. The molecule has 2 aromatic rings. The molecule has 128 valence electrons. The summed E-state index contributed by atoms with van der Waals surface area (Å²) in [6.45, 7) is 2.61. The van der Waals surface area contributed by atoms with Gasteiger partial charge >= 0.3 is 6.03 Å². The van der Waals surface area contributed by atoms with Crippen LogP contribution in [0, 0.1) is 11.5 Å². The van der Waals surface area contributed by atoms with Gasteiger partial charge in [0.1, 0.15) is 0 Å². The van der Waals surface area contributed by atoms with Crippen molar-refractivity contribution >= 4 is 6.03 Å². The lowest BCUT2D eigenvalue weighted by Gasteiger charge is -2.38. The van der Waals surface area contributed by atoms with Crippen molar-refractivity contribution in [1.29, 1.82) is 5.26 Å². The smallest absolute Gasteiger partial charge is 0.317 e. The number of hydrogen-bond acceptors (Lipinski definition) is 6. The molecule has 0 unspecified atom stereocenters. The number of nitriles is 1. The maximum absolute atomic E-state index is 12.2. The number of carbonyl (C=O) groups excluding carboxylic acids is 1. The SMILES string of the molecule is N#CN1CC[C@@H](NC(=O)N2CC(c3ccn(-c4cnccn4)n3)C2)C1. The molecule has 9 heteroatoms. The highest BCUT2D eigenvalue weighted by atomic mass is 16.2. The number of carbonyl (C=O) groups is 1. The standard InChI is InChI=1S/C16H18N8O/c17-11-22-5-1-13(10-22)20-16(25)23-8-12(9-23)14-2-6-24(21-14)15-7-18-3-4-19-15/h2-4,6-7,12-13H,1,5,8-10H2,(H,20,25)/t13-/m1/s1. The van der Waals surface area contributed by atoms with E-state index >= 15 is 0 Å². The number of rotatable bonds is 3. The summed E-state index contributed by atoms with van der Waals surface area (Å²) in [6, 6.07) is 1.95. The highest BCUT2D eigenvalue weighted by molar-refractivity contribution is 5.75. The summed E-state index contributed by atoms with van der Waals surface area (Å²) < 4.78 is 1.69. The fraction of sp³-hybridized carbons (Fsp3) is 0.438. The summed E-state index contributed by atoms with van der Waals surface area (Å²) in [7, 11) is 0. The van der Waals surface area contributed by atoms with Crippen molar-refractivity contribution in [3.05, 3.63) is 36.5 Å². The van der Waals surface area contributed by atoms with Crippen molar-refractivity contribution in [2.24, 2.45) is 0 Å². The molecular weight excluding hydrogens is 320 g/mol. The lowest BCUT2D eigenvalue weighted by atomic mass is 9.97. The molecule has 0 spiro atoms. The molecule has 1 atom stereocenters. The Balaban J connectivity index is 1.30. The zero-order valence-electron chi connectivity index (χ0n) is 13.6. The van der Waals surface area contributed by atoms with Gasteiger partial charge in [0, 0.05) is 50.7 Å². The zero-order valence-corrected chi connectivity index (χ0v) is 13.6. The van der Waals surface area contributed by atoms with Crippen LogP contribution < -0.4 is 5.32 Å². The maximum atomic E-state index is 12.2. The van der Waals surface area contributed by atoms with E-state index in [9.17, 15) is 4.79 Å². The zero-order chi connectivity index (χ0) is 17.2. The molecule has 0 aliphatic carbocycles. The normalized spacial score (nSPS) is 20.2. The van der Waals surface area contributed by atoms with Crippen LogP contribution in [0.2, 0.25) is 0 Å². The van der Waals surface area contributed by atoms with Gasteiger partial charge in [-0.3, -0.25) is 4.98 Å². The first kappa shape index (κ1) is 15.4. The largest absolute Gasteiger partial charge is 0.333 e. The first-order chi connectivity index (χ1) is 12.2. The molecular formula is C16H18N8O. The van der Waals surface area contributed by atoms with Crippen LogP contribution in [0.3, 0.4) is 0 Å². The van der Waals surface area contributed by atoms with E-state index < -0.39 is 0 Å². The number of likely N-dealkylation sites (tertiary alicyclic amines) is 2. The minimum absolute atomic E-state index is 0.0575. The summed E-state index contributed by atoms with van der Waals surface area (Å²) >= 11 is 0. The van der Waals surface area contributed by atoms with Gasteiger partial charge in [-0.05, 0) is 12.5 Å². The van der Waals surface area contributed by atoms with Gasteiger partial charge in [0.15, 0.2) is 12.0 Å². The third-order valence-corrected chi connectivity index (χ3v) is 4.64. The van der Waals surface area contributed by atoms with Crippen LogP contribution in [-0.4, -0.2) is 67.8 Å². The second kappa shape index (κ2) is 6.39. The highest BCUT2D eigenvalue weighted by Gasteiger charge is 2.35. The van der Waals surface area contributed by atoms with Gasteiger partial charge in [0.25, 0.3) is 0 Å². The Kier molecular flexibility index (Phi) is 3.93. The summed E-state index contributed by atoms with van der Waals surface area (Å²) in [5.74, 6) is 0.911. The molecule has 9 nitrogen and oxygen atoms in total. The number of aromatic nitrogens is 4. The summed E-state index contributed by atoms with van der Waals surface area (Å²) in [5, 5.41) is 16.4. The summed E-state index contributed by atoms with van der Waals surface area (Å²) in [5.41, 5.74) is 0.950. The van der Waals surface area contributed by atoms with Crippen LogP contribution in [0.5, 0.6) is 0 Å². The Morgan fingerprint density at radius 1 is 1.32 bits per heavy atom. The average Bonchev–Trinajstić information content (AvgIpc) is 3.24. The predicted octanol–water partition coefficient (Wildman–Crippen LogP) is 0.326. The first-order valence-electron chi connectivity index (χ1n) is 8.25. The van der Waals surface area contributed by atoms with Crippen LogP contribution in [0.1, 0.15) is 18.0 Å². The Bertz CT molecular complexity index is 792. The first-order valence-corrected chi connectivity index (χ1v) is 8.25. The molecule has 2 aromatic heterocycles. The van der Waals surface area contributed by atoms with Crippen LogP contribution in [-0.2, 0) is 0 Å². The molecule has 4 rings (SSSR count). The van der Waals surface area contributed by atoms with Crippen molar-refractivity contribution in [1.82, 2.24) is 34.9 Å². The number of amides is 2. The molecule has 2 aliphatic rings. The second-order valence-corrected chi connectivity index (χ2v) is 6.33. The summed E-state index contributed by atoms with van der Waals surface area (Å²) in [6.07, 6.45) is 9.70. The lowest BCUT2D eigenvalue weighted by Crippen LogP contribution is -2.54. The van der Waals surface area contributed by atoms with Crippen molar-refractivity contribution in [2.45, 2.75) is 18.4 Å². The molecule has 2 amide bonds. The molecule has 0 aromatic carbocycles. The van der Waals surface area contributed by atoms with E-state index in [1.54, 1.807) is 33.1 Å². The van der Waals surface area contributed by atoms with Gasteiger partial charge in [0.05, 0.1) is 17.9 Å². The van der Waals surface area contributed by atoms with E-state index in [4.69, 9.17) is 5.26 Å². The van der Waals surface area contributed by atoms with Gasteiger partial charge in [-0.25, -0.2) is 14.5 Å². The third-order valence-electron chi connectivity index (χ3n) is 4.64. The minimum atomic E-state index is -0.0607. The van der Waals surface area contributed by atoms with Crippen molar-refractivity contribution < 1.29 is 4.79 Å². The Morgan fingerprint density at radius 3 is 2.92 bits per heavy atom. The molecule has 2 fully saturated rings. The van der Waals surface area contributed by atoms with E-state index in [1.807, 2.05) is 12.3 Å². The van der Waals surface area contributed by atoms with Crippen LogP contribution in [0.4, 0.5) is 4.79 Å². The molecule has 0 bridgehead atoms. The van der Waals surface area contributed by atoms with Gasteiger partial charge in [0.2, 0.25) is 0 Å². The fourth-order valence-corrected chi connectivity index (χ4v) is 3.16. The highest BCUT2D eigenvalue weighted by Crippen LogP contribution is 2.26. The van der Waals surface area contributed by atoms with Crippen molar-refractivity contribution in [3.63, 3.8) is 0 Å². The van der Waals surface area contributed by atoms with E-state index in [1.165, 1.54) is 0 Å². The third kappa shape index (κ3) is 3.10. The number of urea groups is 1. The van der Waals surface area contributed by atoms with Crippen LogP contribution in [0.25, 0.3) is 5.82 Å². The second-order valence-electron chi connectivity index (χ2n) is 6.33. The van der Waals surface area contributed by atoms with Gasteiger partial charge in [-0.15, -0.1) is 0 Å². The molecule has 0 radical (unpaired) electrons. The van der Waals surface area contributed by atoms with E-state index in [-0.39, 0.29) is 18.0 Å². The molecule has 25 heavy (non-hydrogen) atoms. The van der Waals surface area contributed by atoms with Crippen molar-refractivity contribution in [3.8, 4) is 12.0 Å². The number of nitrogens with one attached hydrogen (secondary N) is 1. The topological polar surface area (TPSA) is 103 Å². The Morgan fingerprint density at radius 2 is 2.20 bits per heavy atom. The maximum Gasteiger partial charge on any atom is 0.317 e. The Hall–Kier alpha value is -3.15.